The number of amides is 1. The van der Waals surface area contributed by atoms with E-state index in [0.29, 0.717) is 13.0 Å². The zero-order valence-electron chi connectivity index (χ0n) is 12.5. The Labute approximate surface area is 123 Å². The number of aromatic nitrogens is 1. The second-order valence-electron chi connectivity index (χ2n) is 4.98. The number of nitrogens with one attached hydrogen (secondary N) is 2. The molecule has 0 fully saturated rings. The van der Waals surface area contributed by atoms with Crippen LogP contribution in [0.2, 0.25) is 0 Å². The van der Waals surface area contributed by atoms with Crippen molar-refractivity contribution in [1.82, 2.24) is 10.3 Å². The molecule has 0 spiro atoms. The number of benzene rings is 1. The van der Waals surface area contributed by atoms with Crippen molar-refractivity contribution in [2.45, 2.75) is 33.2 Å². The zero-order chi connectivity index (χ0) is 15.4. The number of para-hydroxylation sites is 1. The Balaban J connectivity index is 2.31. The van der Waals surface area contributed by atoms with Gasteiger partial charge < -0.3 is 15.0 Å². The minimum absolute atomic E-state index is 0.245. The molecule has 0 saturated heterocycles. The molecule has 0 bridgehead atoms. The third kappa shape index (κ3) is 3.42. The van der Waals surface area contributed by atoms with Gasteiger partial charge in [-0.3, -0.25) is 4.79 Å². The molecule has 2 N–H and O–H groups in total. The lowest BCUT2D eigenvalue weighted by Crippen LogP contribution is -2.42. The summed E-state index contributed by atoms with van der Waals surface area (Å²) in [6, 6.07) is 7.24. The van der Waals surface area contributed by atoms with Crippen molar-refractivity contribution in [3.8, 4) is 0 Å². The number of esters is 1. The molecule has 0 unspecified atom stereocenters. The van der Waals surface area contributed by atoms with E-state index in [1.807, 2.05) is 31.2 Å². The minimum Gasteiger partial charge on any atom is -0.464 e. The maximum Gasteiger partial charge on any atom is 0.328 e. The third-order valence-corrected chi connectivity index (χ3v) is 3.38. The molecular formula is C16H20N2O3. The fraction of sp³-hybridized carbons (Fsp3) is 0.375. The second-order valence-corrected chi connectivity index (χ2v) is 4.98. The van der Waals surface area contributed by atoms with Crippen molar-refractivity contribution in [2.24, 2.45) is 0 Å². The van der Waals surface area contributed by atoms with Crippen molar-refractivity contribution >= 4 is 22.8 Å². The number of carbonyl (C=O) groups is 2. The van der Waals surface area contributed by atoms with Crippen LogP contribution < -0.4 is 5.32 Å². The van der Waals surface area contributed by atoms with Crippen molar-refractivity contribution in [3.05, 3.63) is 35.5 Å². The number of H-pyrrole nitrogens is 1. The Kier molecular flexibility index (Phi) is 4.62. The van der Waals surface area contributed by atoms with Gasteiger partial charge in [-0.2, -0.15) is 0 Å². The highest BCUT2D eigenvalue weighted by molar-refractivity contribution is 5.87. The molecular weight excluding hydrogens is 268 g/mol. The highest BCUT2D eigenvalue weighted by Gasteiger charge is 2.23. The summed E-state index contributed by atoms with van der Waals surface area (Å²) in [5.41, 5.74) is 3.05. The van der Waals surface area contributed by atoms with E-state index >= 15 is 0 Å². The van der Waals surface area contributed by atoms with Gasteiger partial charge in [0.05, 0.1) is 6.61 Å². The molecule has 1 amide bonds. The average molecular weight is 288 g/mol. The quantitative estimate of drug-likeness (QED) is 0.828. The van der Waals surface area contributed by atoms with Crippen LogP contribution in [0.5, 0.6) is 0 Å². The van der Waals surface area contributed by atoms with E-state index in [4.69, 9.17) is 4.74 Å². The van der Waals surface area contributed by atoms with Gasteiger partial charge in [0, 0.05) is 29.9 Å². The summed E-state index contributed by atoms with van der Waals surface area (Å²) in [5.74, 6) is -0.650. The largest absolute Gasteiger partial charge is 0.464 e. The van der Waals surface area contributed by atoms with Crippen LogP contribution >= 0.6 is 0 Å². The molecule has 1 heterocycles. The predicted octanol–water partition coefficient (Wildman–Crippen LogP) is 2.09. The normalized spacial score (nSPS) is 12.1. The number of rotatable bonds is 5. The lowest BCUT2D eigenvalue weighted by molar-refractivity contribution is -0.147. The number of fused-ring (bicyclic) bond motifs is 1. The van der Waals surface area contributed by atoms with Gasteiger partial charge in [-0.05, 0) is 25.5 Å². The van der Waals surface area contributed by atoms with Crippen LogP contribution in [0.1, 0.15) is 25.1 Å². The Morgan fingerprint density at radius 1 is 1.33 bits per heavy atom. The number of aryl methyl sites for hydroxylation is 1. The van der Waals surface area contributed by atoms with Gasteiger partial charge in [0.1, 0.15) is 6.04 Å². The first-order valence-electron chi connectivity index (χ1n) is 7.02. The molecule has 0 aliphatic carbocycles. The topological polar surface area (TPSA) is 71.2 Å². The van der Waals surface area contributed by atoms with Gasteiger partial charge in [0.2, 0.25) is 5.91 Å². The number of hydrogen-bond acceptors (Lipinski definition) is 3. The summed E-state index contributed by atoms with van der Waals surface area (Å²) >= 11 is 0. The minimum atomic E-state index is -0.666. The molecule has 2 aromatic rings. The van der Waals surface area contributed by atoms with E-state index in [1.54, 1.807) is 6.92 Å². The van der Waals surface area contributed by atoms with E-state index < -0.39 is 12.0 Å². The molecule has 0 saturated carbocycles. The van der Waals surface area contributed by atoms with Crippen molar-refractivity contribution < 1.29 is 14.3 Å². The molecule has 21 heavy (non-hydrogen) atoms. The van der Waals surface area contributed by atoms with Crippen molar-refractivity contribution in [1.29, 1.82) is 0 Å². The number of hydrogen-bond donors (Lipinski definition) is 2. The van der Waals surface area contributed by atoms with Gasteiger partial charge >= 0.3 is 5.97 Å². The predicted molar refractivity (Wildman–Crippen MR) is 81.0 cm³/mol. The smallest absolute Gasteiger partial charge is 0.328 e. The Morgan fingerprint density at radius 2 is 2.05 bits per heavy atom. The Morgan fingerprint density at radius 3 is 2.71 bits per heavy atom. The van der Waals surface area contributed by atoms with E-state index in [0.717, 1.165) is 22.2 Å². The first kappa shape index (κ1) is 15.1. The number of carbonyl (C=O) groups excluding carboxylic acids is 2. The molecule has 2 rings (SSSR count). The summed E-state index contributed by atoms with van der Waals surface area (Å²) in [7, 11) is 0. The first-order valence-corrected chi connectivity index (χ1v) is 7.02. The monoisotopic (exact) mass is 288 g/mol. The van der Waals surface area contributed by atoms with E-state index in [1.165, 1.54) is 6.92 Å². The lowest BCUT2D eigenvalue weighted by Gasteiger charge is -2.16. The SMILES string of the molecule is CCOC(=O)[C@@H](Cc1c(C)[nH]c2ccccc12)NC(C)=O. The van der Waals surface area contributed by atoms with Crippen LogP contribution in [-0.2, 0) is 20.7 Å². The third-order valence-electron chi connectivity index (χ3n) is 3.38. The van der Waals surface area contributed by atoms with Crippen LogP contribution in [0.15, 0.2) is 24.3 Å². The number of aromatic amines is 1. The molecule has 112 valence electrons. The summed E-state index contributed by atoms with van der Waals surface area (Å²) in [6.07, 6.45) is 0.411. The van der Waals surface area contributed by atoms with Crippen LogP contribution in [-0.4, -0.2) is 29.5 Å². The van der Waals surface area contributed by atoms with Crippen LogP contribution in [0.4, 0.5) is 0 Å². The van der Waals surface area contributed by atoms with E-state index in [-0.39, 0.29) is 5.91 Å². The van der Waals surface area contributed by atoms with Gasteiger partial charge in [-0.1, -0.05) is 18.2 Å². The Hall–Kier alpha value is -2.30. The van der Waals surface area contributed by atoms with E-state index in [2.05, 4.69) is 10.3 Å². The summed E-state index contributed by atoms with van der Waals surface area (Å²) in [6.45, 7) is 5.40. The molecule has 5 nitrogen and oxygen atoms in total. The fourth-order valence-corrected chi connectivity index (χ4v) is 2.48. The van der Waals surface area contributed by atoms with Crippen molar-refractivity contribution in [3.63, 3.8) is 0 Å². The second kappa shape index (κ2) is 6.43. The molecule has 0 radical (unpaired) electrons. The van der Waals surface area contributed by atoms with Gasteiger partial charge in [-0.25, -0.2) is 4.79 Å². The standard InChI is InChI=1S/C16H20N2O3/c1-4-21-16(20)15(18-11(3)19)9-13-10(2)17-14-8-6-5-7-12(13)14/h5-8,15,17H,4,9H2,1-3H3,(H,18,19)/t15-/m1/s1. The van der Waals surface area contributed by atoms with Crippen molar-refractivity contribution in [2.75, 3.05) is 6.61 Å². The lowest BCUT2D eigenvalue weighted by atomic mass is 10.0. The highest BCUT2D eigenvalue weighted by Crippen LogP contribution is 2.23. The number of ether oxygens (including phenoxy) is 1. The van der Waals surface area contributed by atoms with Gasteiger partial charge in [0.15, 0.2) is 0 Å². The molecule has 5 heteroatoms. The van der Waals surface area contributed by atoms with Crippen LogP contribution in [0.3, 0.4) is 0 Å². The molecule has 0 aliphatic heterocycles. The molecule has 1 aromatic carbocycles. The maximum absolute atomic E-state index is 12.0. The summed E-state index contributed by atoms with van der Waals surface area (Å²) < 4.78 is 5.04. The van der Waals surface area contributed by atoms with Gasteiger partial charge in [0.25, 0.3) is 0 Å². The van der Waals surface area contributed by atoms with Gasteiger partial charge in [-0.15, -0.1) is 0 Å². The van der Waals surface area contributed by atoms with Crippen LogP contribution in [0, 0.1) is 6.92 Å². The average Bonchev–Trinajstić information content (AvgIpc) is 2.74. The van der Waals surface area contributed by atoms with Crippen LogP contribution in [0.25, 0.3) is 10.9 Å². The molecule has 1 atom stereocenters. The van der Waals surface area contributed by atoms with E-state index in [9.17, 15) is 9.59 Å². The summed E-state index contributed by atoms with van der Waals surface area (Å²) in [5, 5.41) is 3.73. The first-order chi connectivity index (χ1) is 10.0. The maximum atomic E-state index is 12.0. The molecule has 1 aromatic heterocycles. The highest BCUT2D eigenvalue weighted by atomic mass is 16.5. The zero-order valence-corrected chi connectivity index (χ0v) is 12.5. The summed E-state index contributed by atoms with van der Waals surface area (Å²) in [4.78, 5) is 26.6. The Bertz CT molecular complexity index is 661. The molecule has 0 aliphatic rings. The fourth-order valence-electron chi connectivity index (χ4n) is 2.48.